The molecule has 0 atom stereocenters. The van der Waals surface area contributed by atoms with Crippen LogP contribution in [0.1, 0.15) is 56.3 Å². The normalized spacial score (nSPS) is 16.3. The van der Waals surface area contributed by atoms with Crippen molar-refractivity contribution in [3.63, 3.8) is 0 Å². The van der Waals surface area contributed by atoms with Gasteiger partial charge in [-0.15, -0.1) is 0 Å². The number of nitrogens with zero attached hydrogens (tertiary/aromatic N) is 2. The molecule has 0 unspecified atom stereocenters. The minimum Gasteiger partial charge on any atom is -0.339 e. The average molecular weight is 353 g/mol. The molecule has 0 aromatic heterocycles. The Kier molecular flexibility index (Phi) is 6.40. The van der Waals surface area contributed by atoms with E-state index in [0.29, 0.717) is 18.7 Å². The van der Waals surface area contributed by atoms with Crippen LogP contribution in [0.3, 0.4) is 0 Å². The molecule has 0 bridgehead atoms. The van der Waals surface area contributed by atoms with Crippen molar-refractivity contribution in [2.75, 3.05) is 20.1 Å². The summed E-state index contributed by atoms with van der Waals surface area (Å²) in [5.74, 6) is -0.0652. The van der Waals surface area contributed by atoms with Crippen molar-refractivity contribution in [2.45, 2.75) is 56.9 Å². The Morgan fingerprint density at radius 1 is 1.04 bits per heavy atom. The quantitative estimate of drug-likeness (QED) is 0.790. The molecule has 0 N–H and O–H groups in total. The van der Waals surface area contributed by atoms with E-state index < -0.39 is 10.0 Å². The fourth-order valence-electron chi connectivity index (χ4n) is 3.27. The maximum atomic E-state index is 12.8. The summed E-state index contributed by atoms with van der Waals surface area (Å²) in [7, 11) is -1.84. The van der Waals surface area contributed by atoms with Gasteiger partial charge in [0, 0.05) is 31.7 Å². The standard InChI is InChI=1S/C18H28N2O3S/c1-4-20(5-2)18(21)15-11-13-17(14-12-15)24(22,23)19(3)16-9-7-6-8-10-16/h11-14,16H,4-10H2,1-3H3. The van der Waals surface area contributed by atoms with Gasteiger partial charge >= 0.3 is 0 Å². The van der Waals surface area contributed by atoms with Gasteiger partial charge in [-0.2, -0.15) is 4.31 Å². The number of carbonyl (C=O) groups is 1. The smallest absolute Gasteiger partial charge is 0.253 e. The van der Waals surface area contributed by atoms with Crippen LogP contribution in [-0.2, 0) is 10.0 Å². The number of hydrogen-bond acceptors (Lipinski definition) is 3. The molecule has 1 amide bonds. The second-order valence-electron chi connectivity index (χ2n) is 6.31. The van der Waals surface area contributed by atoms with Crippen LogP contribution in [0.15, 0.2) is 29.2 Å². The number of rotatable bonds is 6. The molecule has 134 valence electrons. The highest BCUT2D eigenvalue weighted by Crippen LogP contribution is 2.26. The van der Waals surface area contributed by atoms with Gasteiger partial charge in [-0.1, -0.05) is 19.3 Å². The van der Waals surface area contributed by atoms with E-state index >= 15 is 0 Å². The van der Waals surface area contributed by atoms with Crippen LogP contribution in [0.5, 0.6) is 0 Å². The molecule has 1 aromatic carbocycles. The number of sulfonamides is 1. The van der Waals surface area contributed by atoms with Crippen molar-refractivity contribution in [1.29, 1.82) is 0 Å². The molecular formula is C18H28N2O3S. The van der Waals surface area contributed by atoms with Crippen LogP contribution in [-0.4, -0.2) is 49.7 Å². The summed E-state index contributed by atoms with van der Waals surface area (Å²) >= 11 is 0. The highest BCUT2D eigenvalue weighted by atomic mass is 32.2. The van der Waals surface area contributed by atoms with Gasteiger partial charge in [0.25, 0.3) is 5.91 Å². The fourth-order valence-corrected chi connectivity index (χ4v) is 4.69. The molecular weight excluding hydrogens is 324 g/mol. The fraction of sp³-hybridized carbons (Fsp3) is 0.611. The van der Waals surface area contributed by atoms with Crippen LogP contribution in [0.4, 0.5) is 0 Å². The second-order valence-corrected chi connectivity index (χ2v) is 8.31. The summed E-state index contributed by atoms with van der Waals surface area (Å²) < 4.78 is 27.1. The zero-order valence-corrected chi connectivity index (χ0v) is 15.7. The van der Waals surface area contributed by atoms with Gasteiger partial charge in [0.2, 0.25) is 10.0 Å². The van der Waals surface area contributed by atoms with Gasteiger partial charge in [-0.3, -0.25) is 4.79 Å². The summed E-state index contributed by atoms with van der Waals surface area (Å²) in [5, 5.41) is 0. The number of benzene rings is 1. The maximum absolute atomic E-state index is 12.8. The van der Waals surface area contributed by atoms with E-state index in [9.17, 15) is 13.2 Å². The van der Waals surface area contributed by atoms with Crippen molar-refractivity contribution in [3.8, 4) is 0 Å². The number of amides is 1. The Balaban J connectivity index is 2.18. The van der Waals surface area contributed by atoms with Crippen molar-refractivity contribution in [2.24, 2.45) is 0 Å². The third kappa shape index (κ3) is 3.98. The van der Waals surface area contributed by atoms with Gasteiger partial charge in [0.05, 0.1) is 4.90 Å². The summed E-state index contributed by atoms with van der Waals surface area (Å²) in [6.45, 7) is 5.14. The highest BCUT2D eigenvalue weighted by Gasteiger charge is 2.29. The lowest BCUT2D eigenvalue weighted by Gasteiger charge is -2.30. The lowest BCUT2D eigenvalue weighted by atomic mass is 9.96. The maximum Gasteiger partial charge on any atom is 0.253 e. The predicted molar refractivity (Wildman–Crippen MR) is 95.5 cm³/mol. The molecule has 0 aliphatic heterocycles. The molecule has 2 rings (SSSR count). The van der Waals surface area contributed by atoms with E-state index in [1.54, 1.807) is 36.2 Å². The molecule has 1 fully saturated rings. The van der Waals surface area contributed by atoms with Crippen LogP contribution in [0.25, 0.3) is 0 Å². The van der Waals surface area contributed by atoms with Gasteiger partial charge in [-0.25, -0.2) is 8.42 Å². The van der Waals surface area contributed by atoms with Crippen LogP contribution >= 0.6 is 0 Å². The first-order valence-electron chi connectivity index (χ1n) is 8.79. The van der Waals surface area contributed by atoms with Gasteiger partial charge < -0.3 is 4.90 Å². The van der Waals surface area contributed by atoms with Crippen LogP contribution in [0.2, 0.25) is 0 Å². The van der Waals surface area contributed by atoms with Crippen LogP contribution < -0.4 is 0 Å². The van der Waals surface area contributed by atoms with Crippen molar-refractivity contribution in [3.05, 3.63) is 29.8 Å². The molecule has 0 saturated heterocycles. The average Bonchev–Trinajstić information content (AvgIpc) is 2.62. The van der Waals surface area contributed by atoms with Gasteiger partial charge in [-0.05, 0) is 51.0 Å². The Morgan fingerprint density at radius 3 is 2.08 bits per heavy atom. The van der Waals surface area contributed by atoms with Gasteiger partial charge in [0.1, 0.15) is 0 Å². The second kappa shape index (κ2) is 8.12. The van der Waals surface area contributed by atoms with E-state index in [2.05, 4.69) is 0 Å². The minimum atomic E-state index is -3.50. The summed E-state index contributed by atoms with van der Waals surface area (Å²) in [6.07, 6.45) is 5.21. The van der Waals surface area contributed by atoms with Crippen LogP contribution in [0, 0.1) is 0 Å². The SMILES string of the molecule is CCN(CC)C(=O)c1ccc(S(=O)(=O)N(C)C2CCCCC2)cc1. The van der Waals surface area contributed by atoms with E-state index in [1.807, 2.05) is 13.8 Å². The largest absolute Gasteiger partial charge is 0.339 e. The zero-order valence-electron chi connectivity index (χ0n) is 14.9. The Bertz CT molecular complexity index is 645. The topological polar surface area (TPSA) is 57.7 Å². The number of carbonyl (C=O) groups excluding carboxylic acids is 1. The zero-order chi connectivity index (χ0) is 17.7. The molecule has 6 heteroatoms. The monoisotopic (exact) mass is 352 g/mol. The molecule has 24 heavy (non-hydrogen) atoms. The van der Waals surface area contributed by atoms with Crippen molar-refractivity contribution < 1.29 is 13.2 Å². The van der Waals surface area contributed by atoms with E-state index in [-0.39, 0.29) is 16.8 Å². The summed E-state index contributed by atoms with van der Waals surface area (Å²) in [6, 6.07) is 6.40. The molecule has 5 nitrogen and oxygen atoms in total. The summed E-state index contributed by atoms with van der Waals surface area (Å²) in [5.41, 5.74) is 0.526. The molecule has 1 aliphatic carbocycles. The third-order valence-electron chi connectivity index (χ3n) is 4.92. The summed E-state index contributed by atoms with van der Waals surface area (Å²) in [4.78, 5) is 14.3. The van der Waals surface area contributed by atoms with Crippen molar-refractivity contribution in [1.82, 2.24) is 9.21 Å². The number of hydrogen-bond donors (Lipinski definition) is 0. The van der Waals surface area contributed by atoms with Gasteiger partial charge in [0.15, 0.2) is 0 Å². The lowest BCUT2D eigenvalue weighted by molar-refractivity contribution is 0.0773. The highest BCUT2D eigenvalue weighted by molar-refractivity contribution is 7.89. The van der Waals surface area contributed by atoms with Crippen molar-refractivity contribution >= 4 is 15.9 Å². The first-order chi connectivity index (χ1) is 11.4. The van der Waals surface area contributed by atoms with E-state index in [4.69, 9.17) is 0 Å². The van der Waals surface area contributed by atoms with E-state index in [0.717, 1.165) is 25.7 Å². The molecule has 1 aliphatic rings. The first kappa shape index (κ1) is 18.9. The Hall–Kier alpha value is -1.40. The molecule has 0 heterocycles. The third-order valence-corrected chi connectivity index (χ3v) is 6.84. The Labute approximate surface area is 145 Å². The predicted octanol–water partition coefficient (Wildman–Crippen LogP) is 3.12. The molecule has 0 spiro atoms. The first-order valence-corrected chi connectivity index (χ1v) is 10.2. The Morgan fingerprint density at radius 2 is 1.58 bits per heavy atom. The molecule has 1 saturated carbocycles. The minimum absolute atomic E-state index is 0.0652. The van der Waals surface area contributed by atoms with E-state index in [1.165, 1.54) is 10.7 Å². The molecule has 0 radical (unpaired) electrons. The molecule has 1 aromatic rings. The lowest BCUT2D eigenvalue weighted by Crippen LogP contribution is -2.38.